The molecule has 0 bridgehead atoms. The fourth-order valence-corrected chi connectivity index (χ4v) is 7.73. The maximum atomic E-state index is 13.6. The highest BCUT2D eigenvalue weighted by atomic mass is 32.2. The highest BCUT2D eigenvalue weighted by molar-refractivity contribution is 7.91. The summed E-state index contributed by atoms with van der Waals surface area (Å²) < 4.78 is 53.2. The van der Waals surface area contributed by atoms with E-state index in [1.807, 2.05) is 0 Å². The highest BCUT2D eigenvalue weighted by Crippen LogP contribution is 2.35. The maximum absolute atomic E-state index is 13.6. The van der Waals surface area contributed by atoms with Crippen LogP contribution in [0.3, 0.4) is 0 Å². The third-order valence-electron chi connectivity index (χ3n) is 8.38. The van der Waals surface area contributed by atoms with Gasteiger partial charge in [0.25, 0.3) is 5.91 Å². The van der Waals surface area contributed by atoms with Gasteiger partial charge in [-0.05, 0) is 81.0 Å². The Hall–Kier alpha value is -4.19. The number of carbonyl (C=O) groups excluding carboxylic acids is 2. The van der Waals surface area contributed by atoms with Gasteiger partial charge in [0.05, 0.1) is 15.4 Å². The van der Waals surface area contributed by atoms with Crippen LogP contribution >= 0.6 is 0 Å². The molecule has 234 valence electrons. The Bertz CT molecular complexity index is 1680. The van der Waals surface area contributed by atoms with Gasteiger partial charge in [-0.15, -0.1) is 0 Å². The first-order valence-corrected chi connectivity index (χ1v) is 16.2. The number of ether oxygens (including phenoxy) is 2. The molecule has 12 heteroatoms. The zero-order chi connectivity index (χ0) is 31.6. The molecule has 1 amide bonds. The maximum Gasteiger partial charge on any atom is 0.508 e. The SMILES string of the molecule is Cc1c(Cc2ccccc2S(=O)(=O)c2ccc(F)cc2)c2c(n1C(C(=O)O)C(C)OC(=O)OC1CCCCC1)CCNC2=O. The van der Waals surface area contributed by atoms with E-state index >= 15 is 0 Å². The normalized spacial score (nSPS) is 16.8. The van der Waals surface area contributed by atoms with Crippen LogP contribution in [-0.4, -0.2) is 54.9 Å². The Morgan fingerprint density at radius 3 is 2.45 bits per heavy atom. The van der Waals surface area contributed by atoms with Crippen LogP contribution in [0.5, 0.6) is 0 Å². The first-order chi connectivity index (χ1) is 21.0. The molecule has 3 aromatic rings. The molecular formula is C32H35FN2O8S. The van der Waals surface area contributed by atoms with Crippen LogP contribution in [0.15, 0.2) is 58.3 Å². The summed E-state index contributed by atoms with van der Waals surface area (Å²) in [6, 6.07) is 9.47. The lowest BCUT2D eigenvalue weighted by Crippen LogP contribution is -2.38. The number of hydrogen-bond acceptors (Lipinski definition) is 7. The molecule has 0 saturated heterocycles. The zero-order valence-corrected chi connectivity index (χ0v) is 25.4. The summed E-state index contributed by atoms with van der Waals surface area (Å²) in [7, 11) is -4.06. The van der Waals surface area contributed by atoms with Crippen LogP contribution in [0.2, 0.25) is 0 Å². The Balaban J connectivity index is 1.52. The highest BCUT2D eigenvalue weighted by Gasteiger charge is 2.38. The smallest absolute Gasteiger partial charge is 0.480 e. The average Bonchev–Trinajstić information content (AvgIpc) is 3.25. The van der Waals surface area contributed by atoms with Crippen molar-refractivity contribution in [1.82, 2.24) is 9.88 Å². The second kappa shape index (κ2) is 12.8. The van der Waals surface area contributed by atoms with E-state index in [-0.39, 0.29) is 34.4 Å². The fourth-order valence-electron chi connectivity index (χ4n) is 6.24. The van der Waals surface area contributed by atoms with E-state index in [1.54, 1.807) is 25.1 Å². The van der Waals surface area contributed by atoms with Gasteiger partial charge in [0.1, 0.15) is 18.0 Å². The topological polar surface area (TPSA) is 141 Å². The number of hydrogen-bond donors (Lipinski definition) is 2. The van der Waals surface area contributed by atoms with Gasteiger partial charge in [-0.2, -0.15) is 0 Å². The number of fused-ring (bicyclic) bond motifs is 1. The second-order valence-electron chi connectivity index (χ2n) is 11.2. The molecule has 2 N–H and O–H groups in total. The van der Waals surface area contributed by atoms with Gasteiger partial charge in [0.15, 0.2) is 6.04 Å². The van der Waals surface area contributed by atoms with Gasteiger partial charge in [0, 0.05) is 30.8 Å². The number of benzene rings is 2. The number of amides is 1. The minimum Gasteiger partial charge on any atom is -0.480 e. The van der Waals surface area contributed by atoms with E-state index in [0.29, 0.717) is 28.9 Å². The number of aliphatic carboxylic acids is 1. The van der Waals surface area contributed by atoms with Crippen molar-refractivity contribution in [1.29, 1.82) is 0 Å². The lowest BCUT2D eigenvalue weighted by atomic mass is 9.97. The molecule has 44 heavy (non-hydrogen) atoms. The van der Waals surface area contributed by atoms with Crippen LogP contribution in [0.1, 0.15) is 77.9 Å². The molecule has 2 heterocycles. The fraction of sp³-hybridized carbons (Fsp3) is 0.406. The molecule has 1 aliphatic carbocycles. The minimum absolute atomic E-state index is 0.00349. The van der Waals surface area contributed by atoms with Gasteiger partial charge in [0.2, 0.25) is 9.84 Å². The van der Waals surface area contributed by atoms with Crippen molar-refractivity contribution >= 4 is 27.9 Å². The first-order valence-electron chi connectivity index (χ1n) is 14.7. The summed E-state index contributed by atoms with van der Waals surface area (Å²) in [5, 5.41) is 13.2. The molecule has 2 atom stereocenters. The summed E-state index contributed by atoms with van der Waals surface area (Å²) in [6.45, 7) is 3.41. The molecule has 1 fully saturated rings. The van der Waals surface area contributed by atoms with Gasteiger partial charge in [-0.3, -0.25) is 4.79 Å². The Kier molecular flexibility index (Phi) is 9.10. The molecule has 1 saturated carbocycles. The van der Waals surface area contributed by atoms with Crippen molar-refractivity contribution in [2.45, 2.75) is 86.8 Å². The standard InChI is InChI=1S/C32H35FN2O8S/c1-19-25(18-21-8-6-7-11-27(21)44(40,41)24-14-12-22(33)13-15-24)28-26(16-17-34-30(28)36)35(19)29(31(37)38)20(2)42-32(39)43-23-9-4-3-5-10-23/h6-8,11-15,20,23,29H,3-5,9-10,16-18H2,1-2H3,(H,34,36)(H,37,38). The van der Waals surface area contributed by atoms with Crippen LogP contribution in [-0.2, 0) is 36.9 Å². The van der Waals surface area contributed by atoms with Crippen molar-refractivity contribution in [3.8, 4) is 0 Å². The number of aromatic nitrogens is 1. The Morgan fingerprint density at radius 1 is 1.09 bits per heavy atom. The summed E-state index contributed by atoms with van der Waals surface area (Å²) in [5.41, 5.74) is 2.01. The number of nitrogens with zero attached hydrogens (tertiary/aromatic N) is 1. The van der Waals surface area contributed by atoms with Gasteiger partial charge < -0.3 is 24.5 Å². The molecule has 0 spiro atoms. The zero-order valence-electron chi connectivity index (χ0n) is 24.5. The predicted octanol–water partition coefficient (Wildman–Crippen LogP) is 5.15. The molecule has 2 unspecified atom stereocenters. The predicted molar refractivity (Wildman–Crippen MR) is 157 cm³/mol. The van der Waals surface area contributed by atoms with Gasteiger partial charge in [-0.1, -0.05) is 24.6 Å². The molecule has 10 nitrogen and oxygen atoms in total. The van der Waals surface area contributed by atoms with Crippen molar-refractivity contribution in [2.75, 3.05) is 6.54 Å². The van der Waals surface area contributed by atoms with E-state index in [4.69, 9.17) is 9.47 Å². The number of carbonyl (C=O) groups is 3. The second-order valence-corrected chi connectivity index (χ2v) is 13.2. The number of sulfone groups is 1. The van der Waals surface area contributed by atoms with E-state index in [1.165, 1.54) is 29.7 Å². The van der Waals surface area contributed by atoms with Crippen molar-refractivity contribution in [3.05, 3.63) is 82.4 Å². The summed E-state index contributed by atoms with van der Waals surface area (Å²) in [5.74, 6) is -2.24. The number of carboxylic acid groups (broad SMARTS) is 1. The lowest BCUT2D eigenvalue weighted by molar-refractivity contribution is -0.145. The quantitative estimate of drug-likeness (QED) is 0.246. The van der Waals surface area contributed by atoms with E-state index < -0.39 is 45.8 Å². The van der Waals surface area contributed by atoms with E-state index in [9.17, 15) is 32.3 Å². The summed E-state index contributed by atoms with van der Waals surface area (Å²) in [6.07, 6.45) is 2.38. The molecule has 0 radical (unpaired) electrons. The monoisotopic (exact) mass is 626 g/mol. The largest absolute Gasteiger partial charge is 0.508 e. The van der Waals surface area contributed by atoms with Gasteiger partial charge >= 0.3 is 12.1 Å². The number of nitrogens with one attached hydrogen (secondary N) is 1. The van der Waals surface area contributed by atoms with Crippen LogP contribution in [0, 0.1) is 12.7 Å². The number of halogens is 1. The van der Waals surface area contributed by atoms with Crippen LogP contribution in [0.4, 0.5) is 9.18 Å². The van der Waals surface area contributed by atoms with Crippen molar-refractivity contribution < 1.29 is 41.8 Å². The molecule has 2 aliphatic rings. The van der Waals surface area contributed by atoms with Crippen molar-refractivity contribution in [3.63, 3.8) is 0 Å². The third-order valence-corrected chi connectivity index (χ3v) is 10.3. The molecular weight excluding hydrogens is 591 g/mol. The lowest BCUT2D eigenvalue weighted by Gasteiger charge is -2.27. The molecule has 1 aliphatic heterocycles. The van der Waals surface area contributed by atoms with Crippen molar-refractivity contribution in [2.24, 2.45) is 0 Å². The van der Waals surface area contributed by atoms with Crippen LogP contribution in [0.25, 0.3) is 0 Å². The molecule has 2 aromatic carbocycles. The number of carboxylic acids is 1. The first kappa shape index (κ1) is 31.2. The molecule has 1 aromatic heterocycles. The van der Waals surface area contributed by atoms with Gasteiger partial charge in [-0.25, -0.2) is 22.4 Å². The molecule has 5 rings (SSSR count). The average molecular weight is 627 g/mol. The van der Waals surface area contributed by atoms with Crippen LogP contribution < -0.4 is 5.32 Å². The third kappa shape index (κ3) is 6.21. The van der Waals surface area contributed by atoms with E-state index in [2.05, 4.69) is 5.32 Å². The van der Waals surface area contributed by atoms with E-state index in [0.717, 1.165) is 44.2 Å². The minimum atomic E-state index is -4.06. The summed E-state index contributed by atoms with van der Waals surface area (Å²) in [4.78, 5) is 38.5. The Morgan fingerprint density at radius 2 is 1.77 bits per heavy atom. The number of rotatable bonds is 9. The summed E-state index contributed by atoms with van der Waals surface area (Å²) >= 11 is 0. The Labute approximate surface area is 255 Å².